The monoisotopic (exact) mass is 273 g/mol. The Kier molecular flexibility index (Phi) is 2.96. The van der Waals surface area contributed by atoms with E-state index in [1.165, 1.54) is 0 Å². The van der Waals surface area contributed by atoms with Gasteiger partial charge in [0.15, 0.2) is 0 Å². The van der Waals surface area contributed by atoms with Gasteiger partial charge in [0.2, 0.25) is 0 Å². The summed E-state index contributed by atoms with van der Waals surface area (Å²) in [6.45, 7) is 1.94. The van der Waals surface area contributed by atoms with E-state index in [-0.39, 0.29) is 5.91 Å². The zero-order valence-electron chi connectivity index (χ0n) is 10.2. The number of aromatic nitrogens is 4. The Hall–Kier alpha value is -2.28. The summed E-state index contributed by atoms with van der Waals surface area (Å²) < 4.78 is 5.42. The first-order valence-electron chi connectivity index (χ1n) is 5.84. The highest BCUT2D eigenvalue weighted by Gasteiger charge is 2.15. The number of rotatable bonds is 3. The Morgan fingerprint density at radius 3 is 3.11 bits per heavy atom. The van der Waals surface area contributed by atoms with Crippen LogP contribution in [0, 0.1) is 0 Å². The molecule has 0 saturated heterocycles. The standard InChI is InChI=1S/C12H11N5OS/c1-2-8-11(19-16-14-8)12(18)15-17-7-13-9-5-3-4-6-10(9)17/h3-7H,2H2,1H3,(H,15,18). The molecule has 0 bridgehead atoms. The zero-order valence-corrected chi connectivity index (χ0v) is 11.0. The number of benzene rings is 1. The van der Waals surface area contributed by atoms with E-state index >= 15 is 0 Å². The third-order valence-electron chi connectivity index (χ3n) is 2.77. The molecule has 1 amide bonds. The predicted octanol–water partition coefficient (Wildman–Crippen LogP) is 1.83. The number of amides is 1. The van der Waals surface area contributed by atoms with Gasteiger partial charge in [-0.25, -0.2) is 9.66 Å². The molecule has 0 spiro atoms. The lowest BCUT2D eigenvalue weighted by molar-refractivity contribution is 0.101. The maximum Gasteiger partial charge on any atom is 0.283 e. The van der Waals surface area contributed by atoms with Crippen LogP contribution in [0.15, 0.2) is 30.6 Å². The number of para-hydroxylation sites is 2. The smallest absolute Gasteiger partial charge is 0.266 e. The van der Waals surface area contributed by atoms with Crippen LogP contribution >= 0.6 is 11.5 Å². The Bertz CT molecular complexity index is 732. The first kappa shape index (κ1) is 11.8. The summed E-state index contributed by atoms with van der Waals surface area (Å²) in [5, 5.41) is 3.93. The molecule has 2 heterocycles. The highest BCUT2D eigenvalue weighted by Crippen LogP contribution is 2.13. The van der Waals surface area contributed by atoms with Crippen LogP contribution in [-0.2, 0) is 6.42 Å². The summed E-state index contributed by atoms with van der Waals surface area (Å²) in [5.41, 5.74) is 5.19. The number of nitrogens with zero attached hydrogens (tertiary/aromatic N) is 4. The number of carbonyl (C=O) groups excluding carboxylic acids is 1. The van der Waals surface area contributed by atoms with Crippen LogP contribution in [0.4, 0.5) is 0 Å². The van der Waals surface area contributed by atoms with E-state index in [0.717, 1.165) is 22.6 Å². The van der Waals surface area contributed by atoms with Crippen molar-refractivity contribution in [1.29, 1.82) is 0 Å². The largest absolute Gasteiger partial charge is 0.283 e. The maximum absolute atomic E-state index is 12.2. The quantitative estimate of drug-likeness (QED) is 0.790. The van der Waals surface area contributed by atoms with Crippen molar-refractivity contribution in [2.75, 3.05) is 5.43 Å². The molecule has 0 aliphatic rings. The van der Waals surface area contributed by atoms with Crippen molar-refractivity contribution in [3.05, 3.63) is 41.2 Å². The van der Waals surface area contributed by atoms with Crippen molar-refractivity contribution in [3.8, 4) is 0 Å². The van der Waals surface area contributed by atoms with Gasteiger partial charge in [-0.2, -0.15) is 0 Å². The fraction of sp³-hybridized carbons (Fsp3) is 0.167. The van der Waals surface area contributed by atoms with Crippen molar-refractivity contribution in [2.45, 2.75) is 13.3 Å². The highest BCUT2D eigenvalue weighted by atomic mass is 32.1. The van der Waals surface area contributed by atoms with Crippen LogP contribution in [0.2, 0.25) is 0 Å². The van der Waals surface area contributed by atoms with Crippen molar-refractivity contribution in [1.82, 2.24) is 19.2 Å². The molecule has 6 nitrogen and oxygen atoms in total. The third kappa shape index (κ3) is 2.08. The van der Waals surface area contributed by atoms with E-state index in [1.807, 2.05) is 31.2 Å². The number of imidazole rings is 1. The molecule has 1 N–H and O–H groups in total. The van der Waals surface area contributed by atoms with Crippen LogP contribution in [0.5, 0.6) is 0 Å². The third-order valence-corrected chi connectivity index (χ3v) is 3.54. The molecule has 0 radical (unpaired) electrons. The summed E-state index contributed by atoms with van der Waals surface area (Å²) in [6.07, 6.45) is 2.27. The second-order valence-corrected chi connectivity index (χ2v) is 4.70. The van der Waals surface area contributed by atoms with Gasteiger partial charge in [-0.15, -0.1) is 5.10 Å². The zero-order chi connectivity index (χ0) is 13.2. The lowest BCUT2D eigenvalue weighted by atomic mass is 10.3. The first-order chi connectivity index (χ1) is 9.29. The number of hydrogen-bond acceptors (Lipinski definition) is 5. The van der Waals surface area contributed by atoms with Crippen molar-refractivity contribution in [2.24, 2.45) is 0 Å². The summed E-state index contributed by atoms with van der Waals surface area (Å²) in [4.78, 5) is 16.9. The Morgan fingerprint density at radius 1 is 1.42 bits per heavy atom. The molecule has 7 heteroatoms. The van der Waals surface area contributed by atoms with Gasteiger partial charge in [-0.05, 0) is 30.1 Å². The van der Waals surface area contributed by atoms with Crippen molar-refractivity contribution in [3.63, 3.8) is 0 Å². The molecule has 0 aliphatic heterocycles. The van der Waals surface area contributed by atoms with Gasteiger partial charge in [-0.3, -0.25) is 10.2 Å². The van der Waals surface area contributed by atoms with Crippen LogP contribution in [0.1, 0.15) is 22.3 Å². The van der Waals surface area contributed by atoms with E-state index in [1.54, 1.807) is 11.0 Å². The number of nitrogens with one attached hydrogen (secondary N) is 1. The minimum Gasteiger partial charge on any atom is -0.266 e. The SMILES string of the molecule is CCc1nnsc1C(=O)Nn1cnc2ccccc21. The van der Waals surface area contributed by atoms with Gasteiger partial charge in [0, 0.05) is 0 Å². The normalized spacial score (nSPS) is 10.8. The summed E-state index contributed by atoms with van der Waals surface area (Å²) in [5.74, 6) is -0.213. The molecule has 0 atom stereocenters. The van der Waals surface area contributed by atoms with E-state index in [2.05, 4.69) is 20.0 Å². The molecule has 96 valence electrons. The minimum absolute atomic E-state index is 0.213. The molecule has 0 unspecified atom stereocenters. The van der Waals surface area contributed by atoms with Gasteiger partial charge in [0.1, 0.15) is 11.2 Å². The predicted molar refractivity (Wildman–Crippen MR) is 72.7 cm³/mol. The van der Waals surface area contributed by atoms with E-state index in [0.29, 0.717) is 17.0 Å². The fourth-order valence-corrected chi connectivity index (χ4v) is 2.46. The topological polar surface area (TPSA) is 72.7 Å². The van der Waals surface area contributed by atoms with Crippen LogP contribution in [-0.4, -0.2) is 25.2 Å². The van der Waals surface area contributed by atoms with Crippen molar-refractivity contribution >= 4 is 28.5 Å². The number of aryl methyl sites for hydroxylation is 1. The molecule has 0 aliphatic carbocycles. The molecule has 19 heavy (non-hydrogen) atoms. The summed E-state index contributed by atoms with van der Waals surface area (Å²) in [6, 6.07) is 7.60. The van der Waals surface area contributed by atoms with E-state index in [4.69, 9.17) is 0 Å². The highest BCUT2D eigenvalue weighted by molar-refractivity contribution is 7.08. The van der Waals surface area contributed by atoms with E-state index in [9.17, 15) is 4.79 Å². The van der Waals surface area contributed by atoms with Crippen LogP contribution in [0.3, 0.4) is 0 Å². The molecule has 2 aromatic heterocycles. The Morgan fingerprint density at radius 2 is 2.26 bits per heavy atom. The fourth-order valence-electron chi connectivity index (χ4n) is 1.82. The second kappa shape index (κ2) is 4.77. The van der Waals surface area contributed by atoms with Gasteiger partial charge >= 0.3 is 0 Å². The summed E-state index contributed by atoms with van der Waals surface area (Å²) in [7, 11) is 0. The lowest BCUT2D eigenvalue weighted by Crippen LogP contribution is -2.22. The number of carbonyl (C=O) groups is 1. The van der Waals surface area contributed by atoms with E-state index < -0.39 is 0 Å². The molecule has 1 aromatic carbocycles. The average Bonchev–Trinajstić information content (AvgIpc) is 3.05. The first-order valence-corrected chi connectivity index (χ1v) is 6.61. The van der Waals surface area contributed by atoms with Gasteiger partial charge in [0.05, 0.1) is 16.7 Å². The molecule has 0 saturated carbocycles. The van der Waals surface area contributed by atoms with Gasteiger partial charge in [-0.1, -0.05) is 23.5 Å². The van der Waals surface area contributed by atoms with Crippen molar-refractivity contribution < 1.29 is 4.79 Å². The molecular weight excluding hydrogens is 262 g/mol. The maximum atomic E-state index is 12.2. The van der Waals surface area contributed by atoms with Gasteiger partial charge < -0.3 is 0 Å². The average molecular weight is 273 g/mol. The molecule has 3 aromatic rings. The minimum atomic E-state index is -0.213. The second-order valence-electron chi connectivity index (χ2n) is 3.95. The number of fused-ring (bicyclic) bond motifs is 1. The lowest BCUT2D eigenvalue weighted by Gasteiger charge is -2.05. The molecule has 0 fully saturated rings. The number of hydrogen-bond donors (Lipinski definition) is 1. The van der Waals surface area contributed by atoms with Crippen LogP contribution in [0.25, 0.3) is 11.0 Å². The Labute approximate surface area is 113 Å². The summed E-state index contributed by atoms with van der Waals surface area (Å²) >= 11 is 1.10. The molecular formula is C12H11N5OS. The molecule has 3 rings (SSSR count). The van der Waals surface area contributed by atoms with Crippen LogP contribution < -0.4 is 5.43 Å². The van der Waals surface area contributed by atoms with Gasteiger partial charge in [0.25, 0.3) is 5.91 Å². The Balaban J connectivity index is 1.91.